The van der Waals surface area contributed by atoms with Gasteiger partial charge in [0.2, 0.25) is 0 Å². The molecule has 0 N–H and O–H groups in total. The van der Waals surface area contributed by atoms with E-state index in [0.29, 0.717) is 24.7 Å². The van der Waals surface area contributed by atoms with Gasteiger partial charge in [-0.3, -0.25) is 4.79 Å². The molecule has 33 heavy (non-hydrogen) atoms. The Hall–Kier alpha value is -3.44. The fraction of sp³-hybridized carbons (Fsp3) is 0.179. The van der Waals surface area contributed by atoms with Crippen molar-refractivity contribution in [3.63, 3.8) is 0 Å². The van der Waals surface area contributed by atoms with Crippen molar-refractivity contribution < 1.29 is 14.3 Å². The van der Waals surface area contributed by atoms with Crippen LogP contribution in [0.1, 0.15) is 26.9 Å². The monoisotopic (exact) mass is 455 g/mol. The van der Waals surface area contributed by atoms with E-state index in [4.69, 9.17) is 9.47 Å². The summed E-state index contributed by atoms with van der Waals surface area (Å²) in [6.45, 7) is 1.19. The van der Waals surface area contributed by atoms with Gasteiger partial charge in [0.05, 0.1) is 7.11 Å². The number of nitrogens with zero attached hydrogens (tertiary/aromatic N) is 1. The van der Waals surface area contributed by atoms with E-state index in [0.717, 1.165) is 33.2 Å². The molecular formula is C28H25NO3S. The van der Waals surface area contributed by atoms with Crippen LogP contribution in [-0.2, 0) is 6.61 Å². The van der Waals surface area contributed by atoms with Gasteiger partial charge >= 0.3 is 0 Å². The molecule has 1 aliphatic heterocycles. The second-order valence-electron chi connectivity index (χ2n) is 7.93. The lowest BCUT2D eigenvalue weighted by Crippen LogP contribution is -2.30. The number of methoxy groups -OCH3 is 1. The van der Waals surface area contributed by atoms with Crippen molar-refractivity contribution in [2.75, 3.05) is 19.4 Å². The summed E-state index contributed by atoms with van der Waals surface area (Å²) < 4.78 is 11.6. The van der Waals surface area contributed by atoms with Gasteiger partial charge < -0.3 is 14.4 Å². The molecule has 1 fully saturated rings. The predicted molar refractivity (Wildman–Crippen MR) is 134 cm³/mol. The van der Waals surface area contributed by atoms with Gasteiger partial charge in [0, 0.05) is 17.9 Å². The number of carbonyl (C=O) groups is 1. The SMILES string of the molecule is COc1cc(C2SCCN2C(=O)c2cccc3ccccc23)ccc1OCc1ccccc1. The molecule has 4 nitrogen and oxygen atoms in total. The van der Waals surface area contributed by atoms with Gasteiger partial charge in [0.1, 0.15) is 12.0 Å². The van der Waals surface area contributed by atoms with Crippen molar-refractivity contribution >= 4 is 28.4 Å². The van der Waals surface area contributed by atoms with E-state index in [9.17, 15) is 4.79 Å². The highest BCUT2D eigenvalue weighted by molar-refractivity contribution is 7.99. The number of hydrogen-bond acceptors (Lipinski definition) is 4. The molecule has 0 aliphatic carbocycles. The quantitative estimate of drug-likeness (QED) is 0.341. The summed E-state index contributed by atoms with van der Waals surface area (Å²) in [5, 5.41) is 2.00. The van der Waals surface area contributed by atoms with E-state index in [2.05, 4.69) is 0 Å². The first-order chi connectivity index (χ1) is 16.2. The summed E-state index contributed by atoms with van der Waals surface area (Å²) in [6, 6.07) is 30.0. The smallest absolute Gasteiger partial charge is 0.255 e. The van der Waals surface area contributed by atoms with Gasteiger partial charge in [0.15, 0.2) is 11.5 Å². The minimum Gasteiger partial charge on any atom is -0.493 e. The van der Waals surface area contributed by atoms with Gasteiger partial charge in [-0.2, -0.15) is 0 Å². The van der Waals surface area contributed by atoms with Gasteiger partial charge in [0.25, 0.3) is 5.91 Å². The molecule has 0 spiro atoms. The van der Waals surface area contributed by atoms with Crippen LogP contribution in [0, 0.1) is 0 Å². The third-order valence-electron chi connectivity index (χ3n) is 5.88. The Morgan fingerprint density at radius 1 is 0.939 bits per heavy atom. The Morgan fingerprint density at radius 2 is 1.73 bits per heavy atom. The van der Waals surface area contributed by atoms with Crippen molar-refractivity contribution in [2.24, 2.45) is 0 Å². The van der Waals surface area contributed by atoms with Crippen LogP contribution in [0.4, 0.5) is 0 Å². The third kappa shape index (κ3) is 4.41. The van der Waals surface area contributed by atoms with E-state index < -0.39 is 0 Å². The summed E-state index contributed by atoms with van der Waals surface area (Å²) in [5.74, 6) is 2.33. The lowest BCUT2D eigenvalue weighted by atomic mass is 10.0. The number of benzene rings is 4. The normalized spacial score (nSPS) is 15.5. The van der Waals surface area contributed by atoms with Crippen LogP contribution < -0.4 is 9.47 Å². The van der Waals surface area contributed by atoms with Crippen LogP contribution in [-0.4, -0.2) is 30.2 Å². The molecule has 0 saturated carbocycles. The molecule has 0 bridgehead atoms. The standard InChI is InChI=1S/C28H25NO3S/c1-31-26-18-22(14-15-25(26)32-19-20-8-3-2-4-9-20)28-29(16-17-33-28)27(30)24-13-7-11-21-10-5-6-12-23(21)24/h2-15,18,28H,16-17,19H2,1H3. The largest absolute Gasteiger partial charge is 0.493 e. The fourth-order valence-corrected chi connectivity index (χ4v) is 5.46. The number of thioether (sulfide) groups is 1. The molecule has 4 aromatic carbocycles. The molecule has 1 unspecified atom stereocenters. The number of fused-ring (bicyclic) bond motifs is 1. The number of amides is 1. The number of ether oxygens (including phenoxy) is 2. The topological polar surface area (TPSA) is 38.8 Å². The molecular weight excluding hydrogens is 430 g/mol. The van der Waals surface area contributed by atoms with Crippen LogP contribution >= 0.6 is 11.8 Å². The maximum absolute atomic E-state index is 13.6. The van der Waals surface area contributed by atoms with Crippen molar-refractivity contribution in [1.82, 2.24) is 4.90 Å². The zero-order chi connectivity index (χ0) is 22.6. The summed E-state index contributed by atoms with van der Waals surface area (Å²) >= 11 is 1.78. The van der Waals surface area contributed by atoms with E-state index in [-0.39, 0.29) is 11.3 Å². The van der Waals surface area contributed by atoms with Crippen molar-refractivity contribution in [3.8, 4) is 11.5 Å². The lowest BCUT2D eigenvalue weighted by molar-refractivity contribution is 0.0762. The van der Waals surface area contributed by atoms with E-state index >= 15 is 0 Å². The number of hydrogen-bond donors (Lipinski definition) is 0. The minimum absolute atomic E-state index is 0.0603. The summed E-state index contributed by atoms with van der Waals surface area (Å²) in [4.78, 5) is 15.5. The van der Waals surface area contributed by atoms with Gasteiger partial charge in [-0.25, -0.2) is 0 Å². The third-order valence-corrected chi connectivity index (χ3v) is 7.14. The van der Waals surface area contributed by atoms with E-state index in [1.54, 1.807) is 18.9 Å². The van der Waals surface area contributed by atoms with Crippen molar-refractivity contribution in [2.45, 2.75) is 12.0 Å². The summed E-state index contributed by atoms with van der Waals surface area (Å²) in [6.07, 6.45) is 0. The maximum atomic E-state index is 13.6. The van der Waals surface area contributed by atoms with Gasteiger partial charge in [-0.05, 0) is 40.1 Å². The molecule has 0 aromatic heterocycles. The van der Waals surface area contributed by atoms with Gasteiger partial charge in [-0.15, -0.1) is 11.8 Å². The summed E-state index contributed by atoms with van der Waals surface area (Å²) in [5.41, 5.74) is 2.88. The second-order valence-corrected chi connectivity index (χ2v) is 9.12. The molecule has 1 saturated heterocycles. The fourth-order valence-electron chi connectivity index (χ4n) is 4.21. The van der Waals surface area contributed by atoms with Crippen LogP contribution in [0.3, 0.4) is 0 Å². The molecule has 1 heterocycles. The molecule has 0 radical (unpaired) electrons. The Labute approximate surface area is 198 Å². The Balaban J connectivity index is 1.39. The second kappa shape index (κ2) is 9.59. The average molecular weight is 456 g/mol. The van der Waals surface area contributed by atoms with Crippen molar-refractivity contribution in [1.29, 1.82) is 0 Å². The van der Waals surface area contributed by atoms with Crippen LogP contribution in [0.25, 0.3) is 10.8 Å². The van der Waals surface area contributed by atoms with E-state index in [1.165, 1.54) is 0 Å². The highest BCUT2D eigenvalue weighted by Gasteiger charge is 2.32. The molecule has 4 aromatic rings. The molecule has 5 heteroatoms. The summed E-state index contributed by atoms with van der Waals surface area (Å²) in [7, 11) is 1.65. The predicted octanol–water partition coefficient (Wildman–Crippen LogP) is 6.32. The van der Waals surface area contributed by atoms with E-state index in [1.807, 2.05) is 95.9 Å². The highest BCUT2D eigenvalue weighted by atomic mass is 32.2. The first-order valence-electron chi connectivity index (χ1n) is 11.0. The molecule has 1 amide bonds. The average Bonchev–Trinajstić information content (AvgIpc) is 3.37. The first kappa shape index (κ1) is 21.4. The Kier molecular flexibility index (Phi) is 6.22. The molecule has 166 valence electrons. The molecule has 1 aliphatic rings. The van der Waals surface area contributed by atoms with Crippen LogP contribution in [0.2, 0.25) is 0 Å². The van der Waals surface area contributed by atoms with Gasteiger partial charge in [-0.1, -0.05) is 72.8 Å². The highest BCUT2D eigenvalue weighted by Crippen LogP contribution is 2.42. The minimum atomic E-state index is -0.0615. The lowest BCUT2D eigenvalue weighted by Gasteiger charge is -2.25. The van der Waals surface area contributed by atoms with Crippen LogP contribution in [0.5, 0.6) is 11.5 Å². The first-order valence-corrected chi connectivity index (χ1v) is 12.0. The molecule has 1 atom stereocenters. The number of rotatable bonds is 6. The maximum Gasteiger partial charge on any atom is 0.255 e. The van der Waals surface area contributed by atoms with Crippen LogP contribution in [0.15, 0.2) is 91.0 Å². The molecule has 5 rings (SSSR count). The number of carbonyl (C=O) groups excluding carboxylic acids is 1. The Morgan fingerprint density at radius 3 is 2.58 bits per heavy atom. The zero-order valence-electron chi connectivity index (χ0n) is 18.4. The Bertz CT molecular complexity index is 1270. The van der Waals surface area contributed by atoms with Crippen molar-refractivity contribution in [3.05, 3.63) is 108 Å². The zero-order valence-corrected chi connectivity index (χ0v) is 19.3.